The third-order valence-electron chi connectivity index (χ3n) is 4.02. The fourth-order valence-corrected chi connectivity index (χ4v) is 3.04. The van der Waals surface area contributed by atoms with Crippen LogP contribution in [-0.4, -0.2) is 36.7 Å². The van der Waals surface area contributed by atoms with Crippen LogP contribution in [0.4, 0.5) is 0 Å². The lowest BCUT2D eigenvalue weighted by Gasteiger charge is -2.25. The quantitative estimate of drug-likeness (QED) is 0.830. The summed E-state index contributed by atoms with van der Waals surface area (Å²) in [6.45, 7) is 12.3. The number of hydrogen-bond donors (Lipinski definition) is 1. The van der Waals surface area contributed by atoms with Gasteiger partial charge < -0.3 is 15.0 Å². The van der Waals surface area contributed by atoms with E-state index in [1.54, 1.807) is 0 Å². The van der Waals surface area contributed by atoms with Crippen molar-refractivity contribution in [2.75, 3.05) is 19.6 Å². The molecule has 1 aliphatic rings. The zero-order chi connectivity index (χ0) is 15.2. The molecule has 0 spiro atoms. The van der Waals surface area contributed by atoms with Gasteiger partial charge in [-0.05, 0) is 71.3 Å². The van der Waals surface area contributed by atoms with Crippen molar-refractivity contribution in [2.24, 2.45) is 0 Å². The summed E-state index contributed by atoms with van der Waals surface area (Å²) in [4.78, 5) is 2.56. The Morgan fingerprint density at radius 2 is 1.67 bits per heavy atom. The normalized spacial score (nSPS) is 18.9. The first-order valence-corrected chi connectivity index (χ1v) is 8.29. The molecule has 3 nitrogen and oxygen atoms in total. The molecule has 1 aromatic carbocycles. The van der Waals surface area contributed by atoms with Crippen molar-refractivity contribution in [1.82, 2.24) is 10.2 Å². The number of likely N-dealkylation sites (tertiary alicyclic amines) is 1. The summed E-state index contributed by atoms with van der Waals surface area (Å²) in [5.74, 6) is 0.950. The summed E-state index contributed by atoms with van der Waals surface area (Å²) in [7, 11) is 0. The lowest BCUT2D eigenvalue weighted by molar-refractivity contribution is 0.242. The Morgan fingerprint density at radius 3 is 2.24 bits per heavy atom. The third-order valence-corrected chi connectivity index (χ3v) is 4.02. The van der Waals surface area contributed by atoms with Crippen LogP contribution in [-0.2, 0) is 0 Å². The maximum absolute atomic E-state index is 5.69. The van der Waals surface area contributed by atoms with Crippen LogP contribution in [0.1, 0.15) is 52.1 Å². The monoisotopic (exact) mass is 290 g/mol. The molecule has 1 saturated heterocycles. The summed E-state index contributed by atoms with van der Waals surface area (Å²) in [6, 6.07) is 9.35. The average molecular weight is 290 g/mol. The van der Waals surface area contributed by atoms with Gasteiger partial charge in [-0.25, -0.2) is 0 Å². The molecule has 1 fully saturated rings. The van der Waals surface area contributed by atoms with E-state index in [2.05, 4.69) is 62.2 Å². The number of nitrogens with one attached hydrogen (secondary N) is 1. The van der Waals surface area contributed by atoms with Crippen LogP contribution in [0.5, 0.6) is 5.75 Å². The maximum atomic E-state index is 5.69. The molecule has 1 heterocycles. The van der Waals surface area contributed by atoms with Crippen molar-refractivity contribution >= 4 is 0 Å². The minimum absolute atomic E-state index is 0.229. The van der Waals surface area contributed by atoms with Gasteiger partial charge >= 0.3 is 0 Å². The van der Waals surface area contributed by atoms with Crippen molar-refractivity contribution < 1.29 is 4.74 Å². The van der Waals surface area contributed by atoms with E-state index in [0.717, 1.165) is 12.3 Å². The average Bonchev–Trinajstić information content (AvgIpc) is 2.91. The number of ether oxygens (including phenoxy) is 1. The first-order chi connectivity index (χ1) is 10.0. The fraction of sp³-hybridized carbons (Fsp3) is 0.667. The summed E-state index contributed by atoms with van der Waals surface area (Å²) in [6.07, 6.45) is 2.95. The van der Waals surface area contributed by atoms with Gasteiger partial charge in [-0.2, -0.15) is 0 Å². The first kappa shape index (κ1) is 16.3. The van der Waals surface area contributed by atoms with E-state index in [0.29, 0.717) is 12.1 Å². The van der Waals surface area contributed by atoms with Crippen molar-refractivity contribution in [3.8, 4) is 5.75 Å². The first-order valence-electron chi connectivity index (χ1n) is 8.29. The molecule has 2 atom stereocenters. The summed E-state index contributed by atoms with van der Waals surface area (Å²) in [5, 5.41) is 3.70. The molecule has 2 rings (SSSR count). The smallest absolute Gasteiger partial charge is 0.119 e. The maximum Gasteiger partial charge on any atom is 0.119 e. The molecule has 21 heavy (non-hydrogen) atoms. The summed E-state index contributed by atoms with van der Waals surface area (Å²) >= 11 is 0. The Morgan fingerprint density at radius 1 is 1.05 bits per heavy atom. The van der Waals surface area contributed by atoms with E-state index in [9.17, 15) is 0 Å². The largest absolute Gasteiger partial charge is 0.491 e. The van der Waals surface area contributed by atoms with Crippen LogP contribution < -0.4 is 10.1 Å². The summed E-state index contributed by atoms with van der Waals surface area (Å²) in [5.41, 5.74) is 1.32. The van der Waals surface area contributed by atoms with E-state index < -0.39 is 0 Å². The molecule has 0 aliphatic carbocycles. The van der Waals surface area contributed by atoms with Gasteiger partial charge in [-0.3, -0.25) is 0 Å². The lowest BCUT2D eigenvalue weighted by atomic mass is 10.1. The molecule has 0 aromatic heterocycles. The second-order valence-corrected chi connectivity index (χ2v) is 6.53. The second kappa shape index (κ2) is 7.81. The highest BCUT2D eigenvalue weighted by atomic mass is 16.5. The SMILES string of the molecule is CC(CN1CCCC1)NC(C)c1ccc(OC(C)C)cc1. The minimum Gasteiger partial charge on any atom is -0.491 e. The summed E-state index contributed by atoms with van der Waals surface area (Å²) < 4.78 is 5.69. The fourth-order valence-electron chi connectivity index (χ4n) is 3.04. The van der Waals surface area contributed by atoms with Crippen LogP contribution in [0.25, 0.3) is 0 Å². The standard InChI is InChI=1S/C18H30N2O/c1-14(2)21-18-9-7-17(8-10-18)16(4)19-15(3)13-20-11-5-6-12-20/h7-10,14-16,19H,5-6,11-13H2,1-4H3. The molecule has 0 bridgehead atoms. The molecule has 1 aromatic rings. The Bertz CT molecular complexity index is 410. The highest BCUT2D eigenvalue weighted by Gasteiger charge is 2.16. The zero-order valence-electron chi connectivity index (χ0n) is 13.9. The molecule has 1 aliphatic heterocycles. The minimum atomic E-state index is 0.229. The van der Waals surface area contributed by atoms with Crippen molar-refractivity contribution in [1.29, 1.82) is 0 Å². The predicted molar refractivity (Wildman–Crippen MR) is 88.9 cm³/mol. The van der Waals surface area contributed by atoms with Gasteiger partial charge in [0.05, 0.1) is 6.10 Å². The van der Waals surface area contributed by atoms with E-state index in [4.69, 9.17) is 4.74 Å². The van der Waals surface area contributed by atoms with Gasteiger partial charge in [0.25, 0.3) is 0 Å². The van der Waals surface area contributed by atoms with Crippen LogP contribution in [0.3, 0.4) is 0 Å². The molecule has 0 saturated carbocycles. The number of rotatable bonds is 7. The van der Waals surface area contributed by atoms with Crippen LogP contribution >= 0.6 is 0 Å². The molecule has 118 valence electrons. The predicted octanol–water partition coefficient (Wildman–Crippen LogP) is 3.61. The molecule has 0 radical (unpaired) electrons. The van der Waals surface area contributed by atoms with E-state index in [1.165, 1.54) is 31.5 Å². The van der Waals surface area contributed by atoms with E-state index >= 15 is 0 Å². The van der Waals surface area contributed by atoms with Crippen molar-refractivity contribution in [2.45, 2.75) is 58.7 Å². The molecule has 1 N–H and O–H groups in total. The van der Waals surface area contributed by atoms with Crippen LogP contribution in [0.2, 0.25) is 0 Å². The molecule has 0 amide bonds. The lowest BCUT2D eigenvalue weighted by Crippen LogP contribution is -2.39. The Labute approximate surface area is 129 Å². The van der Waals surface area contributed by atoms with Gasteiger partial charge in [0.2, 0.25) is 0 Å². The van der Waals surface area contributed by atoms with Crippen LogP contribution in [0.15, 0.2) is 24.3 Å². The molecule has 2 unspecified atom stereocenters. The highest BCUT2D eigenvalue weighted by Crippen LogP contribution is 2.19. The number of nitrogens with zero attached hydrogens (tertiary/aromatic N) is 1. The van der Waals surface area contributed by atoms with Crippen molar-refractivity contribution in [3.63, 3.8) is 0 Å². The van der Waals surface area contributed by atoms with Crippen molar-refractivity contribution in [3.05, 3.63) is 29.8 Å². The Hall–Kier alpha value is -1.06. The van der Waals surface area contributed by atoms with Gasteiger partial charge in [0, 0.05) is 18.6 Å². The van der Waals surface area contributed by atoms with E-state index in [-0.39, 0.29) is 6.10 Å². The Kier molecular flexibility index (Phi) is 6.07. The Balaban J connectivity index is 1.82. The highest BCUT2D eigenvalue weighted by molar-refractivity contribution is 5.29. The molecular formula is C18H30N2O. The van der Waals surface area contributed by atoms with Gasteiger partial charge in [-0.15, -0.1) is 0 Å². The molecule has 3 heteroatoms. The van der Waals surface area contributed by atoms with Gasteiger partial charge in [-0.1, -0.05) is 12.1 Å². The topological polar surface area (TPSA) is 24.5 Å². The zero-order valence-corrected chi connectivity index (χ0v) is 13.9. The van der Waals surface area contributed by atoms with Gasteiger partial charge in [0.15, 0.2) is 0 Å². The number of hydrogen-bond acceptors (Lipinski definition) is 3. The molecular weight excluding hydrogens is 260 g/mol. The number of benzene rings is 1. The van der Waals surface area contributed by atoms with Gasteiger partial charge in [0.1, 0.15) is 5.75 Å². The third kappa shape index (κ3) is 5.33. The van der Waals surface area contributed by atoms with E-state index in [1.807, 2.05) is 0 Å². The van der Waals surface area contributed by atoms with Crippen LogP contribution in [0, 0.1) is 0 Å². The second-order valence-electron chi connectivity index (χ2n) is 6.53.